The molecule has 0 unspecified atom stereocenters. The molecule has 2 rings (SSSR count). The molecule has 2 aromatic rings. The number of ether oxygens (including phenoxy) is 1. The Hall–Kier alpha value is -2.50. The second-order valence-corrected chi connectivity index (χ2v) is 4.15. The third-order valence-corrected chi connectivity index (χ3v) is 2.64. The van der Waals surface area contributed by atoms with Gasteiger partial charge in [-0.25, -0.2) is 9.37 Å². The van der Waals surface area contributed by atoms with Gasteiger partial charge in [0, 0.05) is 17.7 Å². The van der Waals surface area contributed by atoms with E-state index in [-0.39, 0.29) is 5.69 Å². The molecule has 0 saturated heterocycles. The minimum absolute atomic E-state index is 0.0908. The average Bonchev–Trinajstić information content (AvgIpc) is 2.45. The first-order chi connectivity index (χ1) is 9.61. The Bertz CT molecular complexity index is 614. The van der Waals surface area contributed by atoms with Gasteiger partial charge in [-0.05, 0) is 24.6 Å². The van der Waals surface area contributed by atoms with Crippen LogP contribution in [-0.4, -0.2) is 16.5 Å². The molecule has 1 aromatic heterocycles. The fraction of sp³-hybridized carbons (Fsp3) is 0.214. The Labute approximate surface area is 115 Å². The highest BCUT2D eigenvalue weighted by Crippen LogP contribution is 2.30. The van der Waals surface area contributed by atoms with Gasteiger partial charge in [0.1, 0.15) is 17.8 Å². The van der Waals surface area contributed by atoms with Crippen LogP contribution in [0, 0.1) is 15.9 Å². The molecular weight excluding hydrogens is 263 g/mol. The van der Waals surface area contributed by atoms with Gasteiger partial charge in [0.25, 0.3) is 5.69 Å². The summed E-state index contributed by atoms with van der Waals surface area (Å²) in [6.07, 6.45) is 1.96. The zero-order valence-corrected chi connectivity index (χ0v) is 10.9. The molecule has 1 heterocycles. The average molecular weight is 276 g/mol. The number of benzene rings is 1. The number of nitrogens with zero attached hydrogens (tertiary/aromatic N) is 2. The summed E-state index contributed by atoms with van der Waals surface area (Å²) in [5.74, 6) is -0.0185. The van der Waals surface area contributed by atoms with Crippen LogP contribution in [0.25, 0.3) is 11.3 Å². The zero-order valence-electron chi connectivity index (χ0n) is 10.9. The van der Waals surface area contributed by atoms with Crippen LogP contribution in [0.2, 0.25) is 0 Å². The number of hydrogen-bond donors (Lipinski definition) is 0. The molecule has 6 heteroatoms. The van der Waals surface area contributed by atoms with E-state index in [9.17, 15) is 14.5 Å². The smallest absolute Gasteiger partial charge is 0.287 e. The van der Waals surface area contributed by atoms with Gasteiger partial charge in [-0.1, -0.05) is 6.92 Å². The fourth-order valence-corrected chi connectivity index (χ4v) is 1.69. The van der Waals surface area contributed by atoms with Crippen LogP contribution in [0.15, 0.2) is 36.5 Å². The first-order valence-corrected chi connectivity index (χ1v) is 6.15. The number of rotatable bonds is 5. The van der Waals surface area contributed by atoms with Crippen molar-refractivity contribution in [1.29, 1.82) is 0 Å². The molecule has 0 atom stereocenters. The first-order valence-electron chi connectivity index (χ1n) is 6.15. The maximum atomic E-state index is 13.3. The van der Waals surface area contributed by atoms with Gasteiger partial charge in [0.15, 0.2) is 0 Å². The van der Waals surface area contributed by atoms with Crippen LogP contribution in [-0.2, 0) is 0 Å². The number of halogens is 1. The lowest BCUT2D eigenvalue weighted by Crippen LogP contribution is -1.98. The topological polar surface area (TPSA) is 65.3 Å². The van der Waals surface area contributed by atoms with E-state index in [1.54, 1.807) is 6.07 Å². The summed E-state index contributed by atoms with van der Waals surface area (Å²) in [4.78, 5) is 14.1. The lowest BCUT2D eigenvalue weighted by molar-refractivity contribution is -0.385. The lowest BCUT2D eigenvalue weighted by atomic mass is 10.1. The molecule has 0 aliphatic heterocycles. The van der Waals surface area contributed by atoms with Gasteiger partial charge in [0.2, 0.25) is 0 Å². The van der Waals surface area contributed by atoms with Gasteiger partial charge < -0.3 is 4.74 Å². The van der Waals surface area contributed by atoms with Crippen LogP contribution in [0.1, 0.15) is 13.3 Å². The van der Waals surface area contributed by atoms with Crippen molar-refractivity contribution < 1.29 is 14.1 Å². The van der Waals surface area contributed by atoms with E-state index in [0.29, 0.717) is 23.6 Å². The zero-order chi connectivity index (χ0) is 14.5. The Balaban J connectivity index is 2.37. The molecule has 0 N–H and O–H groups in total. The monoisotopic (exact) mass is 276 g/mol. The summed E-state index contributed by atoms with van der Waals surface area (Å²) in [7, 11) is 0. The first kappa shape index (κ1) is 13.9. The summed E-state index contributed by atoms with van der Waals surface area (Å²) in [6.45, 7) is 2.41. The Morgan fingerprint density at radius 1 is 1.35 bits per heavy atom. The molecule has 20 heavy (non-hydrogen) atoms. The maximum Gasteiger partial charge on any atom is 0.287 e. The summed E-state index contributed by atoms with van der Waals surface area (Å²) in [5, 5.41) is 10.6. The summed E-state index contributed by atoms with van der Waals surface area (Å²) >= 11 is 0. The number of nitro groups is 1. The summed E-state index contributed by atoms with van der Waals surface area (Å²) in [5.41, 5.74) is 1.02. The molecule has 0 aliphatic rings. The molecule has 5 nitrogen and oxygen atoms in total. The van der Waals surface area contributed by atoms with Crippen molar-refractivity contribution >= 4 is 5.69 Å². The minimum Gasteiger partial charge on any atom is -0.493 e. The van der Waals surface area contributed by atoms with E-state index in [4.69, 9.17) is 4.74 Å². The van der Waals surface area contributed by atoms with Crippen molar-refractivity contribution in [2.24, 2.45) is 0 Å². The maximum absolute atomic E-state index is 13.3. The molecule has 0 radical (unpaired) electrons. The highest BCUT2D eigenvalue weighted by atomic mass is 19.1. The van der Waals surface area contributed by atoms with E-state index in [1.165, 1.54) is 30.5 Å². The molecule has 0 aliphatic carbocycles. The third kappa shape index (κ3) is 3.09. The predicted octanol–water partition coefficient (Wildman–Crippen LogP) is 3.58. The van der Waals surface area contributed by atoms with Crippen molar-refractivity contribution in [3.8, 4) is 17.0 Å². The van der Waals surface area contributed by atoms with Crippen LogP contribution in [0.4, 0.5) is 10.1 Å². The Kier molecular flexibility index (Phi) is 4.24. The molecule has 0 bridgehead atoms. The molecule has 104 valence electrons. The molecule has 1 aromatic carbocycles. The molecule has 0 fully saturated rings. The van der Waals surface area contributed by atoms with Gasteiger partial charge in [-0.15, -0.1) is 0 Å². The third-order valence-electron chi connectivity index (χ3n) is 2.64. The second kappa shape index (κ2) is 6.10. The van der Waals surface area contributed by atoms with E-state index in [2.05, 4.69) is 4.98 Å². The number of pyridine rings is 1. The highest BCUT2D eigenvalue weighted by molar-refractivity contribution is 5.67. The second-order valence-electron chi connectivity index (χ2n) is 4.15. The normalized spacial score (nSPS) is 10.3. The van der Waals surface area contributed by atoms with Gasteiger partial charge >= 0.3 is 0 Å². The van der Waals surface area contributed by atoms with Gasteiger partial charge in [-0.2, -0.15) is 0 Å². The van der Waals surface area contributed by atoms with Gasteiger partial charge in [-0.3, -0.25) is 10.1 Å². The van der Waals surface area contributed by atoms with Crippen molar-refractivity contribution in [2.75, 3.05) is 6.61 Å². The number of hydrogen-bond acceptors (Lipinski definition) is 4. The van der Waals surface area contributed by atoms with Crippen molar-refractivity contribution in [3.63, 3.8) is 0 Å². The lowest BCUT2D eigenvalue weighted by Gasteiger charge is -2.10. The van der Waals surface area contributed by atoms with Crippen LogP contribution < -0.4 is 4.74 Å². The predicted molar refractivity (Wildman–Crippen MR) is 72.1 cm³/mol. The summed E-state index contributed by atoms with van der Waals surface area (Å²) < 4.78 is 18.8. The van der Waals surface area contributed by atoms with Crippen molar-refractivity contribution in [3.05, 3.63) is 52.5 Å². The Morgan fingerprint density at radius 3 is 2.75 bits per heavy atom. The van der Waals surface area contributed by atoms with Crippen molar-refractivity contribution in [1.82, 2.24) is 4.98 Å². The Morgan fingerprint density at radius 2 is 2.15 bits per heavy atom. The van der Waals surface area contributed by atoms with Crippen LogP contribution in [0.3, 0.4) is 0 Å². The number of aromatic nitrogens is 1. The van der Waals surface area contributed by atoms with Gasteiger partial charge in [0.05, 0.1) is 17.2 Å². The molecular formula is C14H13FN2O3. The largest absolute Gasteiger partial charge is 0.493 e. The van der Waals surface area contributed by atoms with E-state index in [1.807, 2.05) is 6.92 Å². The van der Waals surface area contributed by atoms with E-state index < -0.39 is 10.7 Å². The standard InChI is InChI=1S/C14H13FN2O3/c1-2-7-20-14-8-10(15)3-5-12(14)13-6-4-11(9-16-13)17(18)19/h3-6,8-9H,2,7H2,1H3. The van der Waals surface area contributed by atoms with E-state index >= 15 is 0 Å². The molecule has 0 spiro atoms. The SMILES string of the molecule is CCCOc1cc(F)ccc1-c1ccc([N+](=O)[O-])cn1. The van der Waals surface area contributed by atoms with Crippen LogP contribution >= 0.6 is 0 Å². The molecule has 0 saturated carbocycles. The minimum atomic E-state index is -0.518. The highest BCUT2D eigenvalue weighted by Gasteiger charge is 2.11. The van der Waals surface area contributed by atoms with E-state index in [0.717, 1.165) is 6.42 Å². The molecule has 0 amide bonds. The fourth-order valence-electron chi connectivity index (χ4n) is 1.69. The van der Waals surface area contributed by atoms with Crippen LogP contribution in [0.5, 0.6) is 5.75 Å². The summed E-state index contributed by atoms with van der Waals surface area (Å²) in [6, 6.07) is 7.01. The van der Waals surface area contributed by atoms with Crippen molar-refractivity contribution in [2.45, 2.75) is 13.3 Å². The quantitative estimate of drug-likeness (QED) is 0.618.